The van der Waals surface area contributed by atoms with Crippen molar-refractivity contribution in [1.82, 2.24) is 5.01 Å². The molecule has 1 heterocycles. The lowest BCUT2D eigenvalue weighted by molar-refractivity contribution is 0.0584. The van der Waals surface area contributed by atoms with Crippen molar-refractivity contribution in [3.63, 3.8) is 0 Å². The minimum absolute atomic E-state index is 0.131. The highest BCUT2D eigenvalue weighted by molar-refractivity contribution is 5.51. The predicted molar refractivity (Wildman–Crippen MR) is 65.6 cm³/mol. The van der Waals surface area contributed by atoms with Crippen LogP contribution in [0.4, 0.5) is 0 Å². The number of hydrogen-bond acceptors (Lipinski definition) is 3. The first-order valence-electron chi connectivity index (χ1n) is 5.86. The van der Waals surface area contributed by atoms with Gasteiger partial charge in [-0.25, -0.2) is 5.01 Å². The molecule has 0 N–H and O–H groups in total. The largest absolute Gasteiger partial charge is 0.248 e. The van der Waals surface area contributed by atoms with Gasteiger partial charge in [-0.3, -0.25) is 0 Å². The van der Waals surface area contributed by atoms with Crippen LogP contribution < -0.4 is 0 Å². The van der Waals surface area contributed by atoms with E-state index in [0.717, 1.165) is 5.70 Å². The third-order valence-electron chi connectivity index (χ3n) is 4.28. The summed E-state index contributed by atoms with van der Waals surface area (Å²) in [4.78, 5) is 0. The van der Waals surface area contributed by atoms with Crippen molar-refractivity contribution in [1.29, 1.82) is 0 Å². The summed E-state index contributed by atoms with van der Waals surface area (Å²) in [5.41, 5.74) is 3.67. The summed E-state index contributed by atoms with van der Waals surface area (Å²) in [6.07, 6.45) is 0. The van der Waals surface area contributed by atoms with Crippen LogP contribution in [0.2, 0.25) is 0 Å². The monoisotopic (exact) mass is 219 g/mol. The summed E-state index contributed by atoms with van der Waals surface area (Å²) in [5.74, 6) is 0. The third-order valence-corrected chi connectivity index (χ3v) is 4.28. The van der Waals surface area contributed by atoms with Crippen molar-refractivity contribution >= 4 is 0 Å². The number of rotatable bonds is 1. The van der Waals surface area contributed by atoms with Crippen LogP contribution in [0.5, 0.6) is 0 Å². The fourth-order valence-corrected chi connectivity index (χ4v) is 2.61. The lowest BCUT2D eigenvalue weighted by atomic mass is 9.51. The van der Waals surface area contributed by atoms with Gasteiger partial charge in [0, 0.05) is 22.4 Å². The van der Waals surface area contributed by atoms with Gasteiger partial charge in [-0.1, -0.05) is 39.5 Å². The van der Waals surface area contributed by atoms with Crippen molar-refractivity contribution < 1.29 is 0 Å². The molecule has 0 saturated carbocycles. The SMILES string of the molecule is C=C1N=NN(C(C)C)C2=C1C(C)(C)C2(C)C. The quantitative estimate of drug-likeness (QED) is 0.657. The van der Waals surface area contributed by atoms with E-state index in [1.807, 2.05) is 5.01 Å². The van der Waals surface area contributed by atoms with E-state index in [9.17, 15) is 0 Å². The summed E-state index contributed by atoms with van der Waals surface area (Å²) in [6, 6.07) is 0.345. The molecule has 2 aliphatic rings. The topological polar surface area (TPSA) is 28.0 Å². The van der Waals surface area contributed by atoms with Gasteiger partial charge in [-0.2, -0.15) is 0 Å². The van der Waals surface area contributed by atoms with Crippen molar-refractivity contribution in [2.24, 2.45) is 21.2 Å². The summed E-state index contributed by atoms with van der Waals surface area (Å²) in [5, 5.41) is 10.5. The molecule has 1 aliphatic carbocycles. The second kappa shape index (κ2) is 2.96. The molecule has 0 amide bonds. The molecule has 3 nitrogen and oxygen atoms in total. The van der Waals surface area contributed by atoms with Gasteiger partial charge in [0.1, 0.15) is 0 Å². The van der Waals surface area contributed by atoms with Gasteiger partial charge < -0.3 is 0 Å². The Morgan fingerprint density at radius 2 is 1.69 bits per heavy atom. The number of hydrogen-bond donors (Lipinski definition) is 0. The van der Waals surface area contributed by atoms with Gasteiger partial charge in [-0.15, -0.1) is 5.11 Å². The Kier molecular flexibility index (Phi) is 2.10. The summed E-state index contributed by atoms with van der Waals surface area (Å²) < 4.78 is 0. The van der Waals surface area contributed by atoms with Gasteiger partial charge >= 0.3 is 0 Å². The maximum absolute atomic E-state index is 4.25. The van der Waals surface area contributed by atoms with Gasteiger partial charge in [0.05, 0.1) is 11.4 Å². The third kappa shape index (κ3) is 1.09. The van der Waals surface area contributed by atoms with E-state index < -0.39 is 0 Å². The molecular formula is C13H21N3. The highest BCUT2D eigenvalue weighted by Gasteiger charge is 2.57. The molecule has 0 aromatic carbocycles. The first kappa shape index (κ1) is 11.4. The lowest BCUT2D eigenvalue weighted by Gasteiger charge is -2.58. The van der Waals surface area contributed by atoms with Gasteiger partial charge in [0.2, 0.25) is 0 Å². The normalized spacial score (nSPS) is 25.9. The van der Waals surface area contributed by atoms with E-state index in [1.54, 1.807) is 0 Å². The van der Waals surface area contributed by atoms with Crippen LogP contribution in [0.25, 0.3) is 0 Å². The highest BCUT2D eigenvalue weighted by atomic mass is 15.6. The van der Waals surface area contributed by atoms with Crippen LogP contribution in [-0.2, 0) is 0 Å². The molecule has 88 valence electrons. The van der Waals surface area contributed by atoms with E-state index in [1.165, 1.54) is 11.3 Å². The van der Waals surface area contributed by atoms with Gasteiger partial charge in [0.15, 0.2) is 0 Å². The molecule has 0 aromatic heterocycles. The molecule has 0 fully saturated rings. The molecule has 0 radical (unpaired) electrons. The zero-order chi connectivity index (χ0) is 12.3. The molecule has 0 spiro atoms. The lowest BCUT2D eigenvalue weighted by Crippen LogP contribution is -2.53. The summed E-state index contributed by atoms with van der Waals surface area (Å²) in [7, 11) is 0. The van der Waals surface area contributed by atoms with Crippen molar-refractivity contribution in [2.75, 3.05) is 0 Å². The van der Waals surface area contributed by atoms with Crippen LogP contribution in [0, 0.1) is 10.8 Å². The smallest absolute Gasteiger partial charge is 0.0858 e. The predicted octanol–water partition coefficient (Wildman–Crippen LogP) is 3.91. The van der Waals surface area contributed by atoms with E-state index in [0.29, 0.717) is 6.04 Å². The fourth-order valence-electron chi connectivity index (χ4n) is 2.61. The molecule has 16 heavy (non-hydrogen) atoms. The maximum atomic E-state index is 4.25. The van der Waals surface area contributed by atoms with Gasteiger partial charge in [-0.05, 0) is 13.8 Å². The van der Waals surface area contributed by atoms with E-state index in [2.05, 4.69) is 58.5 Å². The number of allylic oxidation sites excluding steroid dienone is 2. The Labute approximate surface area is 97.9 Å². The second-order valence-electron chi connectivity index (χ2n) is 6.05. The maximum Gasteiger partial charge on any atom is 0.0858 e. The van der Waals surface area contributed by atoms with E-state index in [-0.39, 0.29) is 10.8 Å². The summed E-state index contributed by atoms with van der Waals surface area (Å²) >= 11 is 0. The molecule has 0 atom stereocenters. The summed E-state index contributed by atoms with van der Waals surface area (Å²) in [6.45, 7) is 17.3. The van der Waals surface area contributed by atoms with Crippen LogP contribution >= 0.6 is 0 Å². The highest BCUT2D eigenvalue weighted by Crippen LogP contribution is 2.64. The Morgan fingerprint density at radius 3 is 2.19 bits per heavy atom. The standard InChI is InChI=1S/C13H21N3/c1-8(2)16-11-10(9(3)14-15-16)12(4,5)13(11,6)7/h8H,3H2,1-2,4-7H3. The number of nitrogens with zero attached hydrogens (tertiary/aromatic N) is 3. The van der Waals surface area contributed by atoms with Crippen molar-refractivity contribution in [3.05, 3.63) is 23.5 Å². The van der Waals surface area contributed by atoms with Crippen LogP contribution in [0.15, 0.2) is 33.9 Å². The minimum atomic E-state index is 0.131. The molecule has 0 saturated heterocycles. The Bertz CT molecular complexity index is 411. The molecule has 2 rings (SSSR count). The molecule has 3 heteroatoms. The average molecular weight is 219 g/mol. The Balaban J connectivity index is 2.55. The zero-order valence-corrected chi connectivity index (χ0v) is 11.1. The second-order valence-corrected chi connectivity index (χ2v) is 6.05. The van der Waals surface area contributed by atoms with Crippen LogP contribution in [0.1, 0.15) is 41.5 Å². The Hall–Kier alpha value is -1.12. The van der Waals surface area contributed by atoms with Crippen LogP contribution in [-0.4, -0.2) is 11.1 Å². The van der Waals surface area contributed by atoms with Crippen molar-refractivity contribution in [2.45, 2.75) is 47.6 Å². The zero-order valence-electron chi connectivity index (χ0n) is 11.1. The van der Waals surface area contributed by atoms with Crippen LogP contribution in [0.3, 0.4) is 0 Å². The van der Waals surface area contributed by atoms with E-state index >= 15 is 0 Å². The fraction of sp³-hybridized carbons (Fsp3) is 0.692. The molecule has 0 bridgehead atoms. The minimum Gasteiger partial charge on any atom is -0.248 e. The molecular weight excluding hydrogens is 198 g/mol. The molecule has 0 unspecified atom stereocenters. The van der Waals surface area contributed by atoms with Crippen molar-refractivity contribution in [3.8, 4) is 0 Å². The Morgan fingerprint density at radius 1 is 1.12 bits per heavy atom. The molecule has 1 aliphatic heterocycles. The van der Waals surface area contributed by atoms with Gasteiger partial charge in [0.25, 0.3) is 0 Å². The molecule has 0 aromatic rings. The first-order valence-corrected chi connectivity index (χ1v) is 5.86. The van der Waals surface area contributed by atoms with E-state index in [4.69, 9.17) is 0 Å². The first-order chi connectivity index (χ1) is 7.21. The average Bonchev–Trinajstić information content (AvgIpc) is 2.16.